The van der Waals surface area contributed by atoms with E-state index in [1.807, 2.05) is 33.8 Å². The Labute approximate surface area is 167 Å². The van der Waals surface area contributed by atoms with Gasteiger partial charge in [0, 0.05) is 17.6 Å². The minimum Gasteiger partial charge on any atom is -0.481 e. The number of carboxylic acids is 1. The molecule has 0 atom stereocenters. The Morgan fingerprint density at radius 2 is 2.00 bits per heavy atom. The third-order valence-corrected chi connectivity index (χ3v) is 5.44. The first-order chi connectivity index (χ1) is 13.7. The molecule has 1 aliphatic rings. The average Bonchev–Trinajstić information content (AvgIpc) is 3.18. The van der Waals surface area contributed by atoms with Crippen LogP contribution < -0.4 is 5.32 Å². The highest BCUT2D eigenvalue weighted by Crippen LogP contribution is 2.31. The normalized spacial score (nSPS) is 18.8. The van der Waals surface area contributed by atoms with Crippen molar-refractivity contribution >= 4 is 22.9 Å². The van der Waals surface area contributed by atoms with Crippen molar-refractivity contribution in [2.24, 2.45) is 5.92 Å². The number of carbonyl (C=O) groups is 2. The van der Waals surface area contributed by atoms with Crippen LogP contribution in [0, 0.1) is 19.8 Å². The van der Waals surface area contributed by atoms with Gasteiger partial charge in [0.2, 0.25) is 0 Å². The van der Waals surface area contributed by atoms with Gasteiger partial charge >= 0.3 is 5.97 Å². The zero-order valence-electron chi connectivity index (χ0n) is 16.9. The number of pyridine rings is 1. The molecule has 4 rings (SSSR count). The molecule has 0 spiro atoms. The quantitative estimate of drug-likeness (QED) is 0.683. The second-order valence-electron chi connectivity index (χ2n) is 7.98. The number of aryl methyl sites for hydroxylation is 2. The molecule has 8 heteroatoms. The van der Waals surface area contributed by atoms with E-state index in [2.05, 4.69) is 10.4 Å². The minimum absolute atomic E-state index is 0.0845. The number of aromatic nitrogens is 3. The number of nitrogens with zero attached hydrogens (tertiary/aromatic N) is 3. The van der Waals surface area contributed by atoms with E-state index in [-0.39, 0.29) is 23.9 Å². The number of nitrogens with one attached hydrogen (secondary N) is 1. The first kappa shape index (κ1) is 19.2. The molecule has 3 aromatic heterocycles. The predicted molar refractivity (Wildman–Crippen MR) is 107 cm³/mol. The molecule has 29 heavy (non-hydrogen) atoms. The number of carbonyl (C=O) groups excluding carboxylic acids is 1. The zero-order valence-corrected chi connectivity index (χ0v) is 16.9. The van der Waals surface area contributed by atoms with Crippen molar-refractivity contribution in [2.75, 3.05) is 0 Å². The van der Waals surface area contributed by atoms with Crippen molar-refractivity contribution in [1.29, 1.82) is 0 Å². The van der Waals surface area contributed by atoms with Gasteiger partial charge in [-0.15, -0.1) is 0 Å². The van der Waals surface area contributed by atoms with Crippen LogP contribution in [0.3, 0.4) is 0 Å². The summed E-state index contributed by atoms with van der Waals surface area (Å²) in [7, 11) is 0. The van der Waals surface area contributed by atoms with Gasteiger partial charge in [-0.1, -0.05) is 0 Å². The number of hydrogen-bond acceptors (Lipinski definition) is 5. The van der Waals surface area contributed by atoms with E-state index in [1.165, 1.54) is 0 Å². The van der Waals surface area contributed by atoms with E-state index in [0.717, 1.165) is 17.1 Å². The van der Waals surface area contributed by atoms with Crippen molar-refractivity contribution in [1.82, 2.24) is 20.1 Å². The van der Waals surface area contributed by atoms with Crippen LogP contribution in [0.15, 0.2) is 22.7 Å². The highest BCUT2D eigenvalue weighted by molar-refractivity contribution is 6.06. The Kier molecular flexibility index (Phi) is 4.64. The molecule has 0 unspecified atom stereocenters. The molecule has 3 aromatic rings. The molecule has 0 bridgehead atoms. The Balaban J connectivity index is 1.75. The van der Waals surface area contributed by atoms with Crippen LogP contribution >= 0.6 is 0 Å². The average molecular weight is 396 g/mol. The number of rotatable bonds is 5. The zero-order chi connectivity index (χ0) is 20.9. The fourth-order valence-electron chi connectivity index (χ4n) is 3.81. The number of amides is 1. The molecule has 1 amide bonds. The van der Waals surface area contributed by atoms with Crippen molar-refractivity contribution in [3.05, 3.63) is 35.4 Å². The molecule has 0 aromatic carbocycles. The Bertz CT molecular complexity index is 1110. The first-order valence-electron chi connectivity index (χ1n) is 9.74. The van der Waals surface area contributed by atoms with E-state index in [9.17, 15) is 9.59 Å². The molecule has 1 saturated carbocycles. The van der Waals surface area contributed by atoms with Crippen LogP contribution in [0.2, 0.25) is 0 Å². The molecular formula is C21H24N4O4. The summed E-state index contributed by atoms with van der Waals surface area (Å²) in [4.78, 5) is 28.8. The van der Waals surface area contributed by atoms with Gasteiger partial charge in [0.25, 0.3) is 5.91 Å². The highest BCUT2D eigenvalue weighted by Gasteiger charge is 2.35. The summed E-state index contributed by atoms with van der Waals surface area (Å²) in [5.74, 6) is 0.0758. The van der Waals surface area contributed by atoms with Crippen LogP contribution in [0.5, 0.6) is 0 Å². The van der Waals surface area contributed by atoms with E-state index in [0.29, 0.717) is 35.1 Å². The smallest absolute Gasteiger partial charge is 0.306 e. The molecular weight excluding hydrogens is 372 g/mol. The molecule has 0 radical (unpaired) electrons. The Morgan fingerprint density at radius 1 is 1.28 bits per heavy atom. The number of fused-ring (bicyclic) bond motifs is 1. The van der Waals surface area contributed by atoms with E-state index < -0.39 is 5.97 Å². The summed E-state index contributed by atoms with van der Waals surface area (Å²) in [6.07, 6.45) is 2.57. The van der Waals surface area contributed by atoms with Crippen LogP contribution in [0.25, 0.3) is 22.3 Å². The molecule has 2 N–H and O–H groups in total. The number of hydrogen-bond donors (Lipinski definition) is 2. The summed E-state index contributed by atoms with van der Waals surface area (Å²) in [6.45, 7) is 7.76. The SMILES string of the molecule is Cc1cc(-c2cc(C(=O)NC3CC(C(=O)O)C3)c3cnn(C(C)C)c3n2)c(C)o1. The Hall–Kier alpha value is -3.16. The lowest BCUT2D eigenvalue weighted by Gasteiger charge is -2.32. The molecule has 1 aliphatic carbocycles. The van der Waals surface area contributed by atoms with E-state index in [1.54, 1.807) is 16.9 Å². The fraction of sp³-hybridized carbons (Fsp3) is 0.429. The van der Waals surface area contributed by atoms with Crippen LogP contribution in [0.1, 0.15) is 54.6 Å². The van der Waals surface area contributed by atoms with E-state index >= 15 is 0 Å². The lowest BCUT2D eigenvalue weighted by molar-refractivity contribution is -0.145. The summed E-state index contributed by atoms with van der Waals surface area (Å²) in [5.41, 5.74) is 2.60. The largest absolute Gasteiger partial charge is 0.481 e. The molecule has 8 nitrogen and oxygen atoms in total. The molecule has 0 aliphatic heterocycles. The third kappa shape index (κ3) is 3.39. The Morgan fingerprint density at radius 3 is 2.59 bits per heavy atom. The first-order valence-corrected chi connectivity index (χ1v) is 9.74. The standard InChI is InChI=1S/C21H24N4O4/c1-10(2)25-19-17(9-22-25)16(20(26)23-14-6-13(7-14)21(27)28)8-18(24-19)15-5-11(3)29-12(15)4/h5,8-10,13-14H,6-7H2,1-4H3,(H,23,26)(H,27,28). The molecule has 152 valence electrons. The number of furan rings is 1. The third-order valence-electron chi connectivity index (χ3n) is 5.44. The summed E-state index contributed by atoms with van der Waals surface area (Å²) in [6, 6.07) is 3.62. The van der Waals surface area contributed by atoms with Crippen molar-refractivity contribution in [2.45, 2.75) is 52.6 Å². The van der Waals surface area contributed by atoms with Gasteiger partial charge in [-0.25, -0.2) is 9.67 Å². The lowest BCUT2D eigenvalue weighted by atomic mass is 9.80. The van der Waals surface area contributed by atoms with Crippen molar-refractivity contribution in [3.63, 3.8) is 0 Å². The van der Waals surface area contributed by atoms with Gasteiger partial charge in [-0.05, 0) is 52.7 Å². The van der Waals surface area contributed by atoms with Crippen LogP contribution in [0.4, 0.5) is 0 Å². The fourth-order valence-corrected chi connectivity index (χ4v) is 3.81. The number of carboxylic acid groups (broad SMARTS) is 1. The van der Waals surface area contributed by atoms with Gasteiger partial charge in [0.15, 0.2) is 5.65 Å². The monoisotopic (exact) mass is 396 g/mol. The van der Waals surface area contributed by atoms with Gasteiger partial charge < -0.3 is 14.8 Å². The highest BCUT2D eigenvalue weighted by atomic mass is 16.4. The maximum absolute atomic E-state index is 13.0. The maximum Gasteiger partial charge on any atom is 0.306 e. The summed E-state index contributed by atoms with van der Waals surface area (Å²) >= 11 is 0. The molecule has 1 fully saturated rings. The molecule has 0 saturated heterocycles. The van der Waals surface area contributed by atoms with Crippen LogP contribution in [-0.2, 0) is 4.79 Å². The topological polar surface area (TPSA) is 110 Å². The maximum atomic E-state index is 13.0. The van der Waals surface area contributed by atoms with E-state index in [4.69, 9.17) is 14.5 Å². The van der Waals surface area contributed by atoms with Gasteiger partial charge in [-0.3, -0.25) is 9.59 Å². The van der Waals surface area contributed by atoms with Gasteiger partial charge in [0.1, 0.15) is 11.5 Å². The summed E-state index contributed by atoms with van der Waals surface area (Å²) < 4.78 is 7.44. The van der Waals surface area contributed by atoms with Crippen molar-refractivity contribution in [3.8, 4) is 11.3 Å². The van der Waals surface area contributed by atoms with Crippen molar-refractivity contribution < 1.29 is 19.1 Å². The minimum atomic E-state index is -0.812. The van der Waals surface area contributed by atoms with Gasteiger partial charge in [0.05, 0.1) is 28.8 Å². The van der Waals surface area contributed by atoms with Crippen LogP contribution in [-0.4, -0.2) is 37.8 Å². The lowest BCUT2D eigenvalue weighted by Crippen LogP contribution is -2.46. The second kappa shape index (κ2) is 7.02. The predicted octanol–water partition coefficient (Wildman–Crippen LogP) is 3.48. The second-order valence-corrected chi connectivity index (χ2v) is 7.98. The molecule has 3 heterocycles. The number of aliphatic carboxylic acids is 1. The van der Waals surface area contributed by atoms with Gasteiger partial charge in [-0.2, -0.15) is 5.10 Å². The summed E-state index contributed by atoms with van der Waals surface area (Å²) in [5, 5.41) is 17.1.